The molecule has 0 amide bonds. The SMILES string of the molecule is CC(CN)CCCNc1cc2n[nH]c(=O)n2cn1. The second-order valence-corrected chi connectivity index (χ2v) is 4.44. The molecule has 4 N–H and O–H groups in total. The van der Waals surface area contributed by atoms with E-state index in [1.54, 1.807) is 6.07 Å². The number of aromatic nitrogens is 4. The highest BCUT2D eigenvalue weighted by Gasteiger charge is 2.02. The first kappa shape index (κ1) is 12.6. The normalized spacial score (nSPS) is 12.8. The summed E-state index contributed by atoms with van der Waals surface area (Å²) in [6.45, 7) is 3.70. The molecule has 0 aromatic carbocycles. The van der Waals surface area contributed by atoms with Crippen LogP contribution in [0.4, 0.5) is 5.82 Å². The average molecular weight is 250 g/mol. The maximum atomic E-state index is 11.2. The standard InChI is InChI=1S/C11H18N6O/c1-8(6-12)3-2-4-13-9-5-10-15-16-11(18)17(10)7-14-9/h5,7-8,13H,2-4,6,12H2,1H3,(H,16,18). The van der Waals surface area contributed by atoms with Gasteiger partial charge in [-0.2, -0.15) is 5.10 Å². The Balaban J connectivity index is 1.90. The van der Waals surface area contributed by atoms with E-state index in [0.717, 1.165) is 31.7 Å². The molecule has 98 valence electrons. The van der Waals surface area contributed by atoms with Gasteiger partial charge >= 0.3 is 5.69 Å². The summed E-state index contributed by atoms with van der Waals surface area (Å²) in [6.07, 6.45) is 3.60. The van der Waals surface area contributed by atoms with Crippen molar-refractivity contribution in [2.45, 2.75) is 19.8 Å². The maximum absolute atomic E-state index is 11.2. The van der Waals surface area contributed by atoms with E-state index in [0.29, 0.717) is 11.6 Å². The molecule has 0 saturated carbocycles. The number of nitrogens with zero attached hydrogens (tertiary/aromatic N) is 3. The van der Waals surface area contributed by atoms with Crippen molar-refractivity contribution < 1.29 is 0 Å². The maximum Gasteiger partial charge on any atom is 0.348 e. The van der Waals surface area contributed by atoms with Crippen LogP contribution < -0.4 is 16.7 Å². The molecule has 1 unspecified atom stereocenters. The van der Waals surface area contributed by atoms with Crippen LogP contribution in [0, 0.1) is 5.92 Å². The molecular weight excluding hydrogens is 232 g/mol. The van der Waals surface area contributed by atoms with Crippen LogP contribution in [-0.4, -0.2) is 32.7 Å². The first-order valence-corrected chi connectivity index (χ1v) is 6.07. The van der Waals surface area contributed by atoms with Crippen molar-refractivity contribution in [2.24, 2.45) is 11.7 Å². The molecule has 0 saturated heterocycles. The zero-order valence-corrected chi connectivity index (χ0v) is 10.4. The molecule has 0 bridgehead atoms. The van der Waals surface area contributed by atoms with Crippen LogP contribution in [0.3, 0.4) is 0 Å². The van der Waals surface area contributed by atoms with Crippen molar-refractivity contribution in [3.8, 4) is 0 Å². The molecule has 0 aliphatic rings. The minimum Gasteiger partial charge on any atom is -0.370 e. The lowest BCUT2D eigenvalue weighted by Crippen LogP contribution is -2.13. The summed E-state index contributed by atoms with van der Waals surface area (Å²) in [5.41, 5.74) is 5.84. The van der Waals surface area contributed by atoms with Crippen LogP contribution in [0.25, 0.3) is 5.65 Å². The van der Waals surface area contributed by atoms with E-state index in [9.17, 15) is 4.79 Å². The Labute approximate surface area is 104 Å². The van der Waals surface area contributed by atoms with Gasteiger partial charge in [-0.05, 0) is 25.3 Å². The first-order valence-electron chi connectivity index (χ1n) is 6.07. The van der Waals surface area contributed by atoms with Gasteiger partial charge in [-0.3, -0.25) is 0 Å². The van der Waals surface area contributed by atoms with E-state index in [-0.39, 0.29) is 5.69 Å². The van der Waals surface area contributed by atoms with Crippen molar-refractivity contribution in [3.63, 3.8) is 0 Å². The lowest BCUT2D eigenvalue weighted by atomic mass is 10.1. The molecule has 2 aromatic rings. The first-order chi connectivity index (χ1) is 8.70. The molecule has 7 heteroatoms. The Bertz CT molecular complexity index is 560. The average Bonchev–Trinajstić information content (AvgIpc) is 2.76. The van der Waals surface area contributed by atoms with Gasteiger partial charge in [0.25, 0.3) is 0 Å². The van der Waals surface area contributed by atoms with Gasteiger partial charge in [0.15, 0.2) is 5.65 Å². The van der Waals surface area contributed by atoms with Crippen molar-refractivity contribution in [1.82, 2.24) is 19.6 Å². The summed E-state index contributed by atoms with van der Waals surface area (Å²) in [5, 5.41) is 9.45. The Morgan fingerprint density at radius 1 is 1.61 bits per heavy atom. The molecule has 2 aromatic heterocycles. The molecule has 7 nitrogen and oxygen atoms in total. The van der Waals surface area contributed by atoms with Crippen molar-refractivity contribution in [2.75, 3.05) is 18.4 Å². The number of rotatable bonds is 6. The summed E-state index contributed by atoms with van der Waals surface area (Å²) >= 11 is 0. The number of fused-ring (bicyclic) bond motifs is 1. The number of nitrogens with two attached hydrogens (primary N) is 1. The second kappa shape index (κ2) is 5.63. The molecule has 0 aliphatic carbocycles. The van der Waals surface area contributed by atoms with Crippen LogP contribution in [0.1, 0.15) is 19.8 Å². The fourth-order valence-corrected chi connectivity index (χ4v) is 1.69. The topological polar surface area (TPSA) is 101 Å². The highest BCUT2D eigenvalue weighted by Crippen LogP contribution is 2.06. The van der Waals surface area contributed by atoms with Crippen molar-refractivity contribution in [3.05, 3.63) is 22.9 Å². The van der Waals surface area contributed by atoms with E-state index in [4.69, 9.17) is 5.73 Å². The number of H-pyrrole nitrogens is 1. The van der Waals surface area contributed by atoms with Gasteiger partial charge in [-0.15, -0.1) is 0 Å². The lowest BCUT2D eigenvalue weighted by Gasteiger charge is -2.09. The van der Waals surface area contributed by atoms with E-state index in [1.807, 2.05) is 0 Å². The van der Waals surface area contributed by atoms with E-state index in [2.05, 4.69) is 27.4 Å². The summed E-state index contributed by atoms with van der Waals surface area (Å²) in [6, 6.07) is 1.74. The molecule has 2 heterocycles. The van der Waals surface area contributed by atoms with Gasteiger partial charge in [0.2, 0.25) is 0 Å². The Morgan fingerprint density at radius 3 is 3.22 bits per heavy atom. The lowest BCUT2D eigenvalue weighted by molar-refractivity contribution is 0.529. The fraction of sp³-hybridized carbons (Fsp3) is 0.545. The van der Waals surface area contributed by atoms with Crippen LogP contribution >= 0.6 is 0 Å². The summed E-state index contributed by atoms with van der Waals surface area (Å²) in [7, 11) is 0. The van der Waals surface area contributed by atoms with Crippen molar-refractivity contribution >= 4 is 11.5 Å². The quantitative estimate of drug-likeness (QED) is 0.636. The molecular formula is C11H18N6O. The highest BCUT2D eigenvalue weighted by molar-refractivity contribution is 5.48. The number of hydrogen-bond donors (Lipinski definition) is 3. The fourth-order valence-electron chi connectivity index (χ4n) is 1.69. The third kappa shape index (κ3) is 2.86. The molecule has 0 radical (unpaired) electrons. The van der Waals surface area contributed by atoms with E-state index < -0.39 is 0 Å². The zero-order chi connectivity index (χ0) is 13.0. The summed E-state index contributed by atoms with van der Waals surface area (Å²) < 4.78 is 1.36. The highest BCUT2D eigenvalue weighted by atomic mass is 16.1. The molecule has 0 aliphatic heterocycles. The van der Waals surface area contributed by atoms with Gasteiger partial charge in [-0.25, -0.2) is 19.3 Å². The predicted molar refractivity (Wildman–Crippen MR) is 69.5 cm³/mol. The Morgan fingerprint density at radius 2 is 2.44 bits per heavy atom. The molecule has 0 fully saturated rings. The van der Waals surface area contributed by atoms with Gasteiger partial charge in [0, 0.05) is 12.6 Å². The van der Waals surface area contributed by atoms with Crippen LogP contribution in [0.5, 0.6) is 0 Å². The van der Waals surface area contributed by atoms with Crippen LogP contribution in [0.2, 0.25) is 0 Å². The van der Waals surface area contributed by atoms with Gasteiger partial charge < -0.3 is 11.1 Å². The van der Waals surface area contributed by atoms with E-state index in [1.165, 1.54) is 10.7 Å². The minimum absolute atomic E-state index is 0.277. The minimum atomic E-state index is -0.277. The van der Waals surface area contributed by atoms with Gasteiger partial charge in [0.1, 0.15) is 12.1 Å². The third-order valence-corrected chi connectivity index (χ3v) is 2.89. The van der Waals surface area contributed by atoms with Gasteiger partial charge in [-0.1, -0.05) is 6.92 Å². The summed E-state index contributed by atoms with van der Waals surface area (Å²) in [4.78, 5) is 15.4. The van der Waals surface area contributed by atoms with Crippen LogP contribution in [0.15, 0.2) is 17.2 Å². The largest absolute Gasteiger partial charge is 0.370 e. The van der Waals surface area contributed by atoms with Gasteiger partial charge in [0.05, 0.1) is 0 Å². The Hall–Kier alpha value is -1.89. The Kier molecular flexibility index (Phi) is 3.93. The number of nitrogens with one attached hydrogen (secondary N) is 2. The second-order valence-electron chi connectivity index (χ2n) is 4.44. The number of hydrogen-bond acceptors (Lipinski definition) is 5. The van der Waals surface area contributed by atoms with Crippen molar-refractivity contribution in [1.29, 1.82) is 0 Å². The zero-order valence-electron chi connectivity index (χ0n) is 10.4. The van der Waals surface area contributed by atoms with E-state index >= 15 is 0 Å². The number of anilines is 1. The molecule has 18 heavy (non-hydrogen) atoms. The number of aromatic amines is 1. The smallest absolute Gasteiger partial charge is 0.348 e. The molecule has 0 spiro atoms. The predicted octanol–water partition coefficient (Wildman–Crippen LogP) is 0.205. The van der Waals surface area contributed by atoms with Crippen LogP contribution in [-0.2, 0) is 0 Å². The monoisotopic (exact) mass is 250 g/mol. The molecule has 2 rings (SSSR count). The summed E-state index contributed by atoms with van der Waals surface area (Å²) in [5.74, 6) is 1.27. The third-order valence-electron chi connectivity index (χ3n) is 2.89. The molecule has 1 atom stereocenters.